The molecule has 1 aliphatic heterocycles. The summed E-state index contributed by atoms with van der Waals surface area (Å²) in [6.07, 6.45) is 0. The topological polar surface area (TPSA) is 26.3 Å². The summed E-state index contributed by atoms with van der Waals surface area (Å²) in [5, 5.41) is 0. The van der Waals surface area contributed by atoms with Crippen LogP contribution < -0.4 is 4.74 Å². The number of carbonyl (C=O) groups excluding carboxylic acids is 1. The van der Waals surface area contributed by atoms with Gasteiger partial charge in [-0.2, -0.15) is 0 Å². The molecule has 0 amide bonds. The molecule has 0 saturated heterocycles. The van der Waals surface area contributed by atoms with Gasteiger partial charge in [0.1, 0.15) is 5.75 Å². The van der Waals surface area contributed by atoms with Crippen LogP contribution in [-0.4, -0.2) is 5.97 Å². The van der Waals surface area contributed by atoms with Crippen molar-refractivity contribution in [3.63, 3.8) is 0 Å². The van der Waals surface area contributed by atoms with Gasteiger partial charge in [0.05, 0.1) is 5.41 Å². The molecule has 0 aliphatic carbocycles. The fourth-order valence-corrected chi connectivity index (χ4v) is 1.82. The Morgan fingerprint density at radius 1 is 1.27 bits per heavy atom. The zero-order chi connectivity index (χ0) is 11.2. The molecule has 0 saturated carbocycles. The maximum atomic E-state index is 11.6. The lowest BCUT2D eigenvalue weighted by Gasteiger charge is -2.14. The standard InChI is InChI=1S/C13H16O2/c1-8(2)9-5-6-11-10(7-9)13(3,4)12(14)15-11/h5-8H,1-4H3. The molecule has 0 bridgehead atoms. The summed E-state index contributed by atoms with van der Waals surface area (Å²) >= 11 is 0. The summed E-state index contributed by atoms with van der Waals surface area (Å²) in [6.45, 7) is 8.11. The molecule has 2 rings (SSSR count). The van der Waals surface area contributed by atoms with Gasteiger partial charge in [-0.05, 0) is 31.4 Å². The van der Waals surface area contributed by atoms with Gasteiger partial charge in [-0.15, -0.1) is 0 Å². The van der Waals surface area contributed by atoms with Gasteiger partial charge in [-0.25, -0.2) is 0 Å². The van der Waals surface area contributed by atoms with Crippen LogP contribution in [0.2, 0.25) is 0 Å². The van der Waals surface area contributed by atoms with Crippen molar-refractivity contribution < 1.29 is 9.53 Å². The molecule has 2 heteroatoms. The van der Waals surface area contributed by atoms with Gasteiger partial charge in [0, 0.05) is 5.56 Å². The summed E-state index contributed by atoms with van der Waals surface area (Å²) in [4.78, 5) is 11.6. The van der Waals surface area contributed by atoms with Crippen LogP contribution in [0.5, 0.6) is 5.75 Å². The number of rotatable bonds is 1. The molecule has 1 aromatic carbocycles. The van der Waals surface area contributed by atoms with Crippen molar-refractivity contribution in [3.05, 3.63) is 29.3 Å². The molecule has 0 unspecified atom stereocenters. The summed E-state index contributed by atoms with van der Waals surface area (Å²) in [6, 6.07) is 6.01. The van der Waals surface area contributed by atoms with E-state index in [1.165, 1.54) is 5.56 Å². The van der Waals surface area contributed by atoms with Gasteiger partial charge in [0.2, 0.25) is 0 Å². The fraction of sp³-hybridized carbons (Fsp3) is 0.462. The zero-order valence-electron chi connectivity index (χ0n) is 9.63. The first-order valence-corrected chi connectivity index (χ1v) is 5.29. The molecule has 0 fully saturated rings. The number of hydrogen-bond acceptors (Lipinski definition) is 2. The molecule has 0 aromatic heterocycles. The highest BCUT2D eigenvalue weighted by Crippen LogP contribution is 2.40. The average Bonchev–Trinajstić information content (AvgIpc) is 2.38. The van der Waals surface area contributed by atoms with Crippen molar-refractivity contribution in [2.45, 2.75) is 39.0 Å². The highest BCUT2D eigenvalue weighted by atomic mass is 16.5. The summed E-state index contributed by atoms with van der Waals surface area (Å²) in [5.74, 6) is 1.04. The normalized spacial score (nSPS) is 17.8. The van der Waals surface area contributed by atoms with E-state index in [4.69, 9.17) is 4.74 Å². The third-order valence-electron chi connectivity index (χ3n) is 3.06. The van der Waals surface area contributed by atoms with Crippen LogP contribution in [0.1, 0.15) is 44.7 Å². The molecule has 80 valence electrons. The Labute approximate surface area is 90.3 Å². The van der Waals surface area contributed by atoms with E-state index in [-0.39, 0.29) is 5.97 Å². The number of ether oxygens (including phenoxy) is 1. The Bertz CT molecular complexity index is 417. The van der Waals surface area contributed by atoms with E-state index in [2.05, 4.69) is 19.9 Å². The van der Waals surface area contributed by atoms with E-state index in [1.807, 2.05) is 26.0 Å². The van der Waals surface area contributed by atoms with Crippen LogP contribution in [0, 0.1) is 0 Å². The minimum absolute atomic E-state index is 0.154. The molecule has 15 heavy (non-hydrogen) atoms. The number of esters is 1. The highest BCUT2D eigenvalue weighted by Gasteiger charge is 2.40. The quantitative estimate of drug-likeness (QED) is 0.519. The van der Waals surface area contributed by atoms with E-state index in [0.29, 0.717) is 5.92 Å². The van der Waals surface area contributed by atoms with Crippen LogP contribution >= 0.6 is 0 Å². The van der Waals surface area contributed by atoms with Crippen molar-refractivity contribution in [1.29, 1.82) is 0 Å². The van der Waals surface area contributed by atoms with Gasteiger partial charge < -0.3 is 4.74 Å². The number of fused-ring (bicyclic) bond motifs is 1. The molecule has 0 N–H and O–H groups in total. The first-order chi connectivity index (χ1) is 6.93. The average molecular weight is 204 g/mol. The zero-order valence-corrected chi connectivity index (χ0v) is 9.63. The minimum Gasteiger partial charge on any atom is -0.426 e. The van der Waals surface area contributed by atoms with Crippen molar-refractivity contribution in [2.24, 2.45) is 0 Å². The first kappa shape index (κ1) is 10.2. The fourth-order valence-electron chi connectivity index (χ4n) is 1.82. The molecule has 0 atom stereocenters. The van der Waals surface area contributed by atoms with E-state index < -0.39 is 5.41 Å². The molecule has 1 heterocycles. The monoisotopic (exact) mass is 204 g/mol. The van der Waals surface area contributed by atoms with Crippen molar-refractivity contribution in [3.8, 4) is 5.75 Å². The third-order valence-corrected chi connectivity index (χ3v) is 3.06. The minimum atomic E-state index is -0.500. The SMILES string of the molecule is CC(C)c1ccc2c(c1)C(C)(C)C(=O)O2. The molecule has 1 aliphatic rings. The predicted octanol–water partition coefficient (Wildman–Crippen LogP) is 3.01. The smallest absolute Gasteiger partial charge is 0.321 e. The molecule has 0 radical (unpaired) electrons. The van der Waals surface area contributed by atoms with Gasteiger partial charge in [-0.1, -0.05) is 26.0 Å². The Morgan fingerprint density at radius 3 is 2.53 bits per heavy atom. The van der Waals surface area contributed by atoms with E-state index in [1.54, 1.807) is 0 Å². The summed E-state index contributed by atoms with van der Waals surface area (Å²) in [5.41, 5.74) is 1.76. The lowest BCUT2D eigenvalue weighted by Crippen LogP contribution is -2.25. The van der Waals surface area contributed by atoms with Crippen molar-refractivity contribution in [2.75, 3.05) is 0 Å². The predicted molar refractivity (Wildman–Crippen MR) is 59.2 cm³/mol. The van der Waals surface area contributed by atoms with Gasteiger partial charge in [0.15, 0.2) is 0 Å². The molecule has 2 nitrogen and oxygen atoms in total. The maximum Gasteiger partial charge on any atom is 0.321 e. The Morgan fingerprint density at radius 2 is 1.93 bits per heavy atom. The number of carbonyl (C=O) groups is 1. The lowest BCUT2D eigenvalue weighted by molar-refractivity contribution is -0.137. The Balaban J connectivity index is 2.55. The van der Waals surface area contributed by atoms with Crippen LogP contribution in [0.4, 0.5) is 0 Å². The van der Waals surface area contributed by atoms with Gasteiger partial charge in [0.25, 0.3) is 0 Å². The lowest BCUT2D eigenvalue weighted by atomic mass is 9.84. The first-order valence-electron chi connectivity index (χ1n) is 5.29. The van der Waals surface area contributed by atoms with E-state index in [0.717, 1.165) is 11.3 Å². The van der Waals surface area contributed by atoms with Crippen LogP contribution in [-0.2, 0) is 10.2 Å². The van der Waals surface area contributed by atoms with Crippen LogP contribution in [0.15, 0.2) is 18.2 Å². The second-order valence-electron chi connectivity index (χ2n) is 4.92. The van der Waals surface area contributed by atoms with Crippen LogP contribution in [0.3, 0.4) is 0 Å². The number of benzene rings is 1. The van der Waals surface area contributed by atoms with Gasteiger partial charge in [-0.3, -0.25) is 4.79 Å². The van der Waals surface area contributed by atoms with Crippen molar-refractivity contribution >= 4 is 5.97 Å². The van der Waals surface area contributed by atoms with Crippen LogP contribution in [0.25, 0.3) is 0 Å². The second kappa shape index (κ2) is 3.09. The second-order valence-corrected chi connectivity index (χ2v) is 4.92. The van der Waals surface area contributed by atoms with Crippen molar-refractivity contribution in [1.82, 2.24) is 0 Å². The Hall–Kier alpha value is -1.31. The van der Waals surface area contributed by atoms with E-state index >= 15 is 0 Å². The Kier molecular flexibility index (Phi) is 2.10. The highest BCUT2D eigenvalue weighted by molar-refractivity contribution is 5.89. The number of hydrogen-bond donors (Lipinski definition) is 0. The molecule has 1 aromatic rings. The summed E-state index contributed by atoms with van der Waals surface area (Å²) < 4.78 is 5.22. The third kappa shape index (κ3) is 1.44. The van der Waals surface area contributed by atoms with Gasteiger partial charge >= 0.3 is 5.97 Å². The molecule has 0 spiro atoms. The largest absolute Gasteiger partial charge is 0.426 e. The molecular formula is C13H16O2. The summed E-state index contributed by atoms with van der Waals surface area (Å²) in [7, 11) is 0. The maximum absolute atomic E-state index is 11.6. The molecular weight excluding hydrogens is 188 g/mol. The van der Waals surface area contributed by atoms with E-state index in [9.17, 15) is 4.79 Å².